The highest BCUT2D eigenvalue weighted by Gasteiger charge is 2.43. The van der Waals surface area contributed by atoms with Crippen LogP contribution in [0.4, 0.5) is 11.4 Å². The van der Waals surface area contributed by atoms with Gasteiger partial charge in [0, 0.05) is 25.2 Å². The topological polar surface area (TPSA) is 24.5 Å². The van der Waals surface area contributed by atoms with Gasteiger partial charge in [0.05, 0.1) is 17.0 Å². The molecule has 2 heterocycles. The number of nitrogens with one attached hydrogen (secondary N) is 1. The van der Waals surface area contributed by atoms with E-state index in [1.54, 1.807) is 0 Å². The number of hydrogen-bond acceptors (Lipinski definition) is 3. The SMILES string of the molecule is CC1CNc2ccccc2N1C1CCOC2(CCCC2)C1. The van der Waals surface area contributed by atoms with Gasteiger partial charge in [0.25, 0.3) is 0 Å². The summed E-state index contributed by atoms with van der Waals surface area (Å²) in [6.07, 6.45) is 7.62. The Bertz CT molecular complexity index is 510. The van der Waals surface area contributed by atoms with Gasteiger partial charge in [-0.3, -0.25) is 0 Å². The molecule has 0 amide bonds. The number of rotatable bonds is 1. The van der Waals surface area contributed by atoms with Crippen LogP contribution in [-0.2, 0) is 4.74 Å². The largest absolute Gasteiger partial charge is 0.381 e. The van der Waals surface area contributed by atoms with Crippen molar-refractivity contribution in [2.45, 2.75) is 63.1 Å². The molecule has 1 saturated heterocycles. The molecule has 2 aliphatic heterocycles. The van der Waals surface area contributed by atoms with Crippen molar-refractivity contribution in [3.63, 3.8) is 0 Å². The first-order chi connectivity index (χ1) is 10.3. The van der Waals surface area contributed by atoms with Crippen molar-refractivity contribution in [3.8, 4) is 0 Å². The van der Waals surface area contributed by atoms with E-state index in [4.69, 9.17) is 4.74 Å². The van der Waals surface area contributed by atoms with Gasteiger partial charge in [0.15, 0.2) is 0 Å². The molecule has 1 spiro atoms. The molecule has 114 valence electrons. The van der Waals surface area contributed by atoms with Gasteiger partial charge in [-0.15, -0.1) is 0 Å². The molecular formula is C18H26N2O. The second-order valence-electron chi connectivity index (χ2n) is 7.04. The lowest BCUT2D eigenvalue weighted by Gasteiger charge is -2.48. The zero-order chi connectivity index (χ0) is 14.3. The minimum absolute atomic E-state index is 0.197. The highest BCUT2D eigenvalue weighted by Crippen LogP contribution is 2.44. The van der Waals surface area contributed by atoms with Crippen molar-refractivity contribution in [3.05, 3.63) is 24.3 Å². The van der Waals surface area contributed by atoms with Crippen LogP contribution in [0.2, 0.25) is 0 Å². The lowest BCUT2D eigenvalue weighted by molar-refractivity contribution is -0.0806. The van der Waals surface area contributed by atoms with Gasteiger partial charge < -0.3 is 15.0 Å². The van der Waals surface area contributed by atoms with Crippen LogP contribution in [0, 0.1) is 0 Å². The number of nitrogens with zero attached hydrogens (tertiary/aromatic N) is 1. The van der Waals surface area contributed by atoms with Gasteiger partial charge in [-0.1, -0.05) is 25.0 Å². The third-order valence-corrected chi connectivity index (χ3v) is 5.62. The third kappa shape index (κ3) is 2.32. The van der Waals surface area contributed by atoms with E-state index in [-0.39, 0.29) is 5.60 Å². The first-order valence-corrected chi connectivity index (χ1v) is 8.53. The van der Waals surface area contributed by atoms with Crippen LogP contribution in [0.5, 0.6) is 0 Å². The molecule has 1 N–H and O–H groups in total. The summed E-state index contributed by atoms with van der Waals surface area (Å²) in [5, 5.41) is 3.57. The Kier molecular flexibility index (Phi) is 3.33. The number of ether oxygens (including phenoxy) is 1. The molecule has 2 fully saturated rings. The molecule has 3 aliphatic rings. The van der Waals surface area contributed by atoms with Crippen molar-refractivity contribution < 1.29 is 4.74 Å². The Hall–Kier alpha value is -1.22. The van der Waals surface area contributed by atoms with E-state index in [2.05, 4.69) is 41.4 Å². The second kappa shape index (κ2) is 5.20. The molecule has 1 saturated carbocycles. The number of benzene rings is 1. The highest BCUT2D eigenvalue weighted by atomic mass is 16.5. The summed E-state index contributed by atoms with van der Waals surface area (Å²) < 4.78 is 6.23. The fraction of sp³-hybridized carbons (Fsp3) is 0.667. The molecule has 1 aromatic carbocycles. The van der Waals surface area contributed by atoms with Crippen molar-refractivity contribution in [2.24, 2.45) is 0 Å². The maximum Gasteiger partial charge on any atom is 0.0702 e. The van der Waals surface area contributed by atoms with E-state index in [9.17, 15) is 0 Å². The maximum atomic E-state index is 6.23. The van der Waals surface area contributed by atoms with Crippen molar-refractivity contribution in [2.75, 3.05) is 23.4 Å². The van der Waals surface area contributed by atoms with Crippen LogP contribution < -0.4 is 10.2 Å². The van der Waals surface area contributed by atoms with Crippen LogP contribution in [0.1, 0.15) is 45.4 Å². The van der Waals surface area contributed by atoms with Crippen molar-refractivity contribution in [1.82, 2.24) is 0 Å². The molecule has 1 aliphatic carbocycles. The maximum absolute atomic E-state index is 6.23. The molecule has 0 aromatic heterocycles. The minimum Gasteiger partial charge on any atom is -0.381 e. The van der Waals surface area contributed by atoms with E-state index < -0.39 is 0 Å². The van der Waals surface area contributed by atoms with E-state index >= 15 is 0 Å². The highest BCUT2D eigenvalue weighted by molar-refractivity contribution is 5.73. The summed E-state index contributed by atoms with van der Waals surface area (Å²) in [4.78, 5) is 2.68. The smallest absolute Gasteiger partial charge is 0.0702 e. The molecule has 2 unspecified atom stereocenters. The molecule has 0 bridgehead atoms. The average molecular weight is 286 g/mol. The Morgan fingerprint density at radius 1 is 1.24 bits per heavy atom. The van der Waals surface area contributed by atoms with Crippen molar-refractivity contribution in [1.29, 1.82) is 0 Å². The van der Waals surface area contributed by atoms with Gasteiger partial charge in [-0.2, -0.15) is 0 Å². The number of anilines is 2. The van der Waals surface area contributed by atoms with Crippen LogP contribution in [-0.4, -0.2) is 30.8 Å². The van der Waals surface area contributed by atoms with Gasteiger partial charge in [-0.25, -0.2) is 0 Å². The monoisotopic (exact) mass is 286 g/mol. The quantitative estimate of drug-likeness (QED) is 0.850. The van der Waals surface area contributed by atoms with E-state index in [1.807, 2.05) is 0 Å². The summed E-state index contributed by atoms with van der Waals surface area (Å²) in [7, 11) is 0. The summed E-state index contributed by atoms with van der Waals surface area (Å²) in [6, 6.07) is 9.96. The number of hydrogen-bond donors (Lipinski definition) is 1. The van der Waals surface area contributed by atoms with Gasteiger partial charge in [0.2, 0.25) is 0 Å². The Balaban J connectivity index is 1.63. The van der Waals surface area contributed by atoms with Gasteiger partial charge >= 0.3 is 0 Å². The molecule has 2 atom stereocenters. The molecule has 3 heteroatoms. The van der Waals surface area contributed by atoms with Crippen LogP contribution in [0.15, 0.2) is 24.3 Å². The van der Waals surface area contributed by atoms with E-state index in [1.165, 1.54) is 49.9 Å². The van der Waals surface area contributed by atoms with Crippen LogP contribution >= 0.6 is 0 Å². The molecular weight excluding hydrogens is 260 g/mol. The summed E-state index contributed by atoms with van der Waals surface area (Å²) in [5.41, 5.74) is 2.88. The van der Waals surface area contributed by atoms with Gasteiger partial charge in [0.1, 0.15) is 0 Å². The molecule has 1 aromatic rings. The predicted molar refractivity (Wildman–Crippen MR) is 87.0 cm³/mol. The van der Waals surface area contributed by atoms with Crippen LogP contribution in [0.25, 0.3) is 0 Å². The fourth-order valence-corrected chi connectivity index (χ4v) is 4.61. The predicted octanol–water partition coefficient (Wildman–Crippen LogP) is 3.80. The second-order valence-corrected chi connectivity index (χ2v) is 7.04. The minimum atomic E-state index is 0.197. The normalized spacial score (nSPS) is 31.0. The zero-order valence-corrected chi connectivity index (χ0v) is 13.0. The number of fused-ring (bicyclic) bond motifs is 1. The van der Waals surface area contributed by atoms with Gasteiger partial charge in [-0.05, 0) is 44.7 Å². The lowest BCUT2D eigenvalue weighted by Crippen LogP contribution is -2.53. The Labute approximate surface area is 127 Å². The lowest BCUT2D eigenvalue weighted by atomic mass is 9.87. The zero-order valence-electron chi connectivity index (χ0n) is 13.0. The van der Waals surface area contributed by atoms with E-state index in [0.29, 0.717) is 12.1 Å². The molecule has 0 radical (unpaired) electrons. The number of para-hydroxylation sites is 2. The van der Waals surface area contributed by atoms with E-state index in [0.717, 1.165) is 13.2 Å². The van der Waals surface area contributed by atoms with Crippen molar-refractivity contribution >= 4 is 11.4 Å². The molecule has 3 nitrogen and oxygen atoms in total. The fourth-order valence-electron chi connectivity index (χ4n) is 4.61. The summed E-state index contributed by atoms with van der Waals surface area (Å²) in [5.74, 6) is 0. The average Bonchev–Trinajstić information content (AvgIpc) is 2.95. The van der Waals surface area contributed by atoms with Crippen LogP contribution in [0.3, 0.4) is 0 Å². The first kappa shape index (κ1) is 13.4. The Morgan fingerprint density at radius 3 is 2.90 bits per heavy atom. The summed E-state index contributed by atoms with van der Waals surface area (Å²) in [6.45, 7) is 4.32. The molecule has 21 heavy (non-hydrogen) atoms. The summed E-state index contributed by atoms with van der Waals surface area (Å²) >= 11 is 0. The standard InChI is InChI=1S/C18H26N2O/c1-14-13-19-16-6-2-3-7-17(16)20(14)15-8-11-21-18(12-15)9-4-5-10-18/h2-3,6-7,14-15,19H,4-5,8-13H2,1H3. The Morgan fingerprint density at radius 2 is 2.05 bits per heavy atom. The third-order valence-electron chi connectivity index (χ3n) is 5.62. The molecule has 4 rings (SSSR count). The first-order valence-electron chi connectivity index (χ1n) is 8.53.